The number of hydrogen-bond donors (Lipinski definition) is 1. The Morgan fingerprint density at radius 1 is 1.10 bits per heavy atom. The first-order chi connectivity index (χ1) is 15.1. The highest BCUT2D eigenvalue weighted by Crippen LogP contribution is 2.22. The Kier molecular flexibility index (Phi) is 5.99. The summed E-state index contributed by atoms with van der Waals surface area (Å²) in [6.07, 6.45) is 5.33. The highest BCUT2D eigenvalue weighted by molar-refractivity contribution is 7.99. The van der Waals surface area contributed by atoms with Crippen LogP contribution in [-0.2, 0) is 4.79 Å². The van der Waals surface area contributed by atoms with Crippen LogP contribution < -0.4 is 5.32 Å². The summed E-state index contributed by atoms with van der Waals surface area (Å²) in [5.74, 6) is -0.178. The fourth-order valence-electron chi connectivity index (χ4n) is 2.80. The van der Waals surface area contributed by atoms with E-state index < -0.39 is 4.92 Å². The molecule has 0 aliphatic rings. The summed E-state index contributed by atoms with van der Waals surface area (Å²) in [6.45, 7) is 0. The molecule has 2 aromatic carbocycles. The lowest BCUT2D eigenvalue weighted by atomic mass is 10.1. The van der Waals surface area contributed by atoms with Crippen LogP contribution in [-0.4, -0.2) is 36.3 Å². The normalized spacial score (nSPS) is 10.6. The number of thioether (sulfide) groups is 1. The number of nitrogens with zero attached hydrogens (tertiary/aromatic N) is 5. The fraction of sp³-hybridized carbons (Fsp3) is 0.0476. The zero-order chi connectivity index (χ0) is 21.6. The Balaban J connectivity index is 1.34. The van der Waals surface area contributed by atoms with Gasteiger partial charge >= 0.3 is 0 Å². The van der Waals surface area contributed by atoms with Gasteiger partial charge in [-0.25, -0.2) is 4.98 Å². The van der Waals surface area contributed by atoms with E-state index in [1.54, 1.807) is 24.7 Å². The summed E-state index contributed by atoms with van der Waals surface area (Å²) in [5.41, 5.74) is 2.94. The fourth-order valence-corrected chi connectivity index (χ4v) is 3.41. The second kappa shape index (κ2) is 9.18. The van der Waals surface area contributed by atoms with E-state index in [4.69, 9.17) is 0 Å². The van der Waals surface area contributed by atoms with Gasteiger partial charge in [0.15, 0.2) is 0 Å². The molecular formula is C21H16N6O3S. The third-order valence-electron chi connectivity index (χ3n) is 4.30. The van der Waals surface area contributed by atoms with Gasteiger partial charge in [0.1, 0.15) is 5.03 Å². The van der Waals surface area contributed by atoms with E-state index in [2.05, 4.69) is 20.5 Å². The number of imidazole rings is 1. The van der Waals surface area contributed by atoms with Gasteiger partial charge < -0.3 is 9.88 Å². The SMILES string of the molecule is O=C(CSc1ccc(-c2ccc(-n3ccnc3)cc2)nn1)Nc1cccc([N+](=O)[O-])c1. The molecule has 10 heteroatoms. The number of hydrogen-bond acceptors (Lipinski definition) is 7. The molecule has 0 saturated heterocycles. The third kappa shape index (κ3) is 5.11. The molecule has 2 aromatic heterocycles. The molecule has 9 nitrogen and oxygen atoms in total. The standard InChI is InChI=1S/C21H16N6O3S/c28-20(23-16-2-1-3-18(12-16)27(29)30)13-31-21-9-8-19(24-25-21)15-4-6-17(7-5-15)26-11-10-22-14-26/h1-12,14H,13H2,(H,23,28). The maximum atomic E-state index is 12.1. The molecule has 0 spiro atoms. The topological polar surface area (TPSA) is 116 Å². The molecule has 0 saturated carbocycles. The van der Waals surface area contributed by atoms with Gasteiger partial charge in [0, 0.05) is 41.5 Å². The van der Waals surface area contributed by atoms with E-state index in [0.717, 1.165) is 16.9 Å². The predicted molar refractivity (Wildman–Crippen MR) is 117 cm³/mol. The quantitative estimate of drug-likeness (QED) is 0.267. The van der Waals surface area contributed by atoms with Gasteiger partial charge in [0.2, 0.25) is 5.91 Å². The van der Waals surface area contributed by atoms with Crippen LogP contribution in [0.2, 0.25) is 0 Å². The van der Waals surface area contributed by atoms with Gasteiger partial charge in [-0.15, -0.1) is 10.2 Å². The average molecular weight is 432 g/mol. The van der Waals surface area contributed by atoms with Crippen molar-refractivity contribution in [1.29, 1.82) is 0 Å². The number of nitro benzene ring substituents is 1. The molecule has 154 valence electrons. The minimum absolute atomic E-state index is 0.0787. The maximum absolute atomic E-state index is 12.1. The summed E-state index contributed by atoms with van der Waals surface area (Å²) in [7, 11) is 0. The molecular weight excluding hydrogens is 416 g/mol. The van der Waals surface area contributed by atoms with Gasteiger partial charge in [-0.1, -0.05) is 30.0 Å². The van der Waals surface area contributed by atoms with Crippen LogP contribution in [0.15, 0.2) is 84.4 Å². The summed E-state index contributed by atoms with van der Waals surface area (Å²) in [6, 6.07) is 17.3. The van der Waals surface area contributed by atoms with Crippen LogP contribution in [0.25, 0.3) is 16.9 Å². The molecule has 0 atom stereocenters. The number of benzene rings is 2. The van der Waals surface area contributed by atoms with Crippen molar-refractivity contribution in [2.75, 3.05) is 11.1 Å². The first-order valence-corrected chi connectivity index (χ1v) is 10.2. The predicted octanol–water partition coefficient (Wildman–Crippen LogP) is 3.97. The van der Waals surface area contributed by atoms with Gasteiger partial charge in [-0.2, -0.15) is 0 Å². The second-order valence-electron chi connectivity index (χ2n) is 6.42. The Morgan fingerprint density at radius 3 is 2.61 bits per heavy atom. The molecule has 0 unspecified atom stereocenters. The lowest BCUT2D eigenvalue weighted by Gasteiger charge is -2.06. The Hall–Kier alpha value is -4.05. The first kappa shape index (κ1) is 20.2. The first-order valence-electron chi connectivity index (χ1n) is 9.18. The third-order valence-corrected chi connectivity index (χ3v) is 5.22. The van der Waals surface area contributed by atoms with E-state index >= 15 is 0 Å². The minimum atomic E-state index is -0.507. The van der Waals surface area contributed by atoms with Gasteiger partial charge in [-0.05, 0) is 30.3 Å². The molecule has 4 rings (SSSR count). The monoisotopic (exact) mass is 432 g/mol. The van der Waals surface area contributed by atoms with E-state index in [1.807, 2.05) is 41.1 Å². The Labute approximate surface area is 181 Å². The zero-order valence-electron chi connectivity index (χ0n) is 16.1. The van der Waals surface area contributed by atoms with Gasteiger partial charge in [-0.3, -0.25) is 14.9 Å². The Morgan fingerprint density at radius 2 is 1.94 bits per heavy atom. The van der Waals surface area contributed by atoms with Crippen LogP contribution in [0.1, 0.15) is 0 Å². The smallest absolute Gasteiger partial charge is 0.271 e. The summed E-state index contributed by atoms with van der Waals surface area (Å²) in [4.78, 5) is 26.5. The van der Waals surface area contributed by atoms with Crippen LogP contribution in [0, 0.1) is 10.1 Å². The molecule has 2 heterocycles. The maximum Gasteiger partial charge on any atom is 0.271 e. The number of anilines is 1. The van der Waals surface area contributed by atoms with Crippen molar-refractivity contribution < 1.29 is 9.72 Å². The van der Waals surface area contributed by atoms with Crippen LogP contribution in [0.3, 0.4) is 0 Å². The number of rotatable bonds is 7. The van der Waals surface area contributed by atoms with Crippen molar-refractivity contribution >= 4 is 29.0 Å². The lowest BCUT2D eigenvalue weighted by molar-refractivity contribution is -0.384. The molecule has 4 aromatic rings. The van der Waals surface area contributed by atoms with Crippen molar-refractivity contribution in [3.63, 3.8) is 0 Å². The molecule has 0 aliphatic carbocycles. The number of non-ortho nitro benzene ring substituents is 1. The van der Waals surface area contributed by atoms with E-state index in [9.17, 15) is 14.9 Å². The summed E-state index contributed by atoms with van der Waals surface area (Å²) in [5, 5.41) is 22.5. The molecule has 1 amide bonds. The number of carbonyl (C=O) groups excluding carboxylic acids is 1. The van der Waals surface area contributed by atoms with Crippen molar-refractivity contribution in [1.82, 2.24) is 19.7 Å². The van der Waals surface area contributed by atoms with E-state index in [1.165, 1.54) is 30.0 Å². The van der Waals surface area contributed by atoms with Crippen molar-refractivity contribution in [2.24, 2.45) is 0 Å². The van der Waals surface area contributed by atoms with Crippen LogP contribution >= 0.6 is 11.8 Å². The summed E-state index contributed by atoms with van der Waals surface area (Å²) < 4.78 is 1.91. The molecule has 0 aliphatic heterocycles. The van der Waals surface area contributed by atoms with Gasteiger partial charge in [0.25, 0.3) is 5.69 Å². The number of amides is 1. The summed E-state index contributed by atoms with van der Waals surface area (Å²) >= 11 is 1.23. The number of nitro groups is 1. The number of aromatic nitrogens is 4. The van der Waals surface area contributed by atoms with Crippen LogP contribution in [0.4, 0.5) is 11.4 Å². The minimum Gasteiger partial charge on any atom is -0.325 e. The number of carbonyl (C=O) groups is 1. The molecule has 0 bridgehead atoms. The number of nitrogens with one attached hydrogen (secondary N) is 1. The van der Waals surface area contributed by atoms with E-state index in [-0.39, 0.29) is 17.3 Å². The average Bonchev–Trinajstić information content (AvgIpc) is 3.33. The van der Waals surface area contributed by atoms with Crippen molar-refractivity contribution in [2.45, 2.75) is 5.03 Å². The van der Waals surface area contributed by atoms with Crippen LogP contribution in [0.5, 0.6) is 0 Å². The van der Waals surface area contributed by atoms with E-state index in [0.29, 0.717) is 10.7 Å². The largest absolute Gasteiger partial charge is 0.325 e. The molecule has 0 radical (unpaired) electrons. The highest BCUT2D eigenvalue weighted by Gasteiger charge is 2.10. The van der Waals surface area contributed by atoms with Crippen molar-refractivity contribution in [3.8, 4) is 16.9 Å². The van der Waals surface area contributed by atoms with Gasteiger partial charge in [0.05, 0.1) is 22.7 Å². The molecule has 0 fully saturated rings. The Bertz CT molecular complexity index is 1190. The highest BCUT2D eigenvalue weighted by atomic mass is 32.2. The zero-order valence-corrected chi connectivity index (χ0v) is 16.9. The second-order valence-corrected chi connectivity index (χ2v) is 7.41. The van der Waals surface area contributed by atoms with Crippen molar-refractivity contribution in [3.05, 3.63) is 89.5 Å². The molecule has 1 N–H and O–H groups in total. The lowest BCUT2D eigenvalue weighted by Crippen LogP contribution is -2.14. The molecule has 31 heavy (non-hydrogen) atoms.